The third-order valence-corrected chi connectivity index (χ3v) is 6.24. The molecular weight excluding hydrogens is 412 g/mol. The molecule has 0 bridgehead atoms. The van der Waals surface area contributed by atoms with Crippen molar-refractivity contribution >= 4 is 28.8 Å². The zero-order chi connectivity index (χ0) is 22.7. The molecule has 2 heterocycles. The van der Waals surface area contributed by atoms with Gasteiger partial charge in [0.15, 0.2) is 0 Å². The van der Waals surface area contributed by atoms with Gasteiger partial charge in [0.05, 0.1) is 17.7 Å². The number of hydrogen-bond acceptors (Lipinski definition) is 6. The van der Waals surface area contributed by atoms with Crippen molar-refractivity contribution in [3.8, 4) is 5.75 Å². The number of aliphatic hydroxyl groups excluding tert-OH is 1. The number of hydrogen-bond donors (Lipinski definition) is 1. The summed E-state index contributed by atoms with van der Waals surface area (Å²) in [5.74, 6) is -0.772. The van der Waals surface area contributed by atoms with Gasteiger partial charge in [0.1, 0.15) is 11.5 Å². The van der Waals surface area contributed by atoms with Crippen LogP contribution in [0.5, 0.6) is 5.75 Å². The lowest BCUT2D eigenvalue weighted by Gasteiger charge is -2.25. The number of ether oxygens (including phenoxy) is 1. The normalized spacial score (nSPS) is 18.4. The predicted molar refractivity (Wildman–Crippen MR) is 123 cm³/mol. The minimum absolute atomic E-state index is 0.0200. The van der Waals surface area contributed by atoms with Gasteiger partial charge in [-0.25, -0.2) is 0 Å². The molecular formula is C24H30N2O4S. The van der Waals surface area contributed by atoms with Gasteiger partial charge in [0.25, 0.3) is 11.7 Å². The maximum absolute atomic E-state index is 13.1. The van der Waals surface area contributed by atoms with E-state index in [9.17, 15) is 14.7 Å². The van der Waals surface area contributed by atoms with Crippen molar-refractivity contribution in [3.63, 3.8) is 0 Å². The average molecular weight is 443 g/mol. The molecule has 1 aliphatic heterocycles. The Morgan fingerprint density at radius 3 is 2.61 bits per heavy atom. The quantitative estimate of drug-likeness (QED) is 0.377. The van der Waals surface area contributed by atoms with Crippen molar-refractivity contribution < 1.29 is 19.4 Å². The Morgan fingerprint density at radius 1 is 1.26 bits per heavy atom. The van der Waals surface area contributed by atoms with Crippen LogP contribution in [-0.2, 0) is 9.59 Å². The van der Waals surface area contributed by atoms with E-state index in [0.29, 0.717) is 17.9 Å². The fraction of sp³-hybridized carbons (Fsp3) is 0.417. The molecule has 1 unspecified atom stereocenters. The van der Waals surface area contributed by atoms with E-state index in [1.165, 1.54) is 11.3 Å². The van der Waals surface area contributed by atoms with Gasteiger partial charge in [-0.05, 0) is 77.0 Å². The molecule has 1 N–H and O–H groups in total. The lowest BCUT2D eigenvalue weighted by Crippen LogP contribution is -2.32. The Balaban J connectivity index is 2.07. The van der Waals surface area contributed by atoms with Crippen LogP contribution in [0.25, 0.3) is 5.76 Å². The van der Waals surface area contributed by atoms with E-state index >= 15 is 0 Å². The minimum atomic E-state index is -0.643. The maximum atomic E-state index is 13.1. The first-order chi connectivity index (χ1) is 14.7. The summed E-state index contributed by atoms with van der Waals surface area (Å²) in [7, 11) is 3.95. The number of ketones is 1. The molecule has 1 saturated heterocycles. The molecule has 7 heteroatoms. The molecule has 0 saturated carbocycles. The van der Waals surface area contributed by atoms with Crippen LogP contribution in [0.1, 0.15) is 42.3 Å². The second-order valence-electron chi connectivity index (χ2n) is 8.31. The molecule has 1 fully saturated rings. The molecule has 6 nitrogen and oxygen atoms in total. The third-order valence-electron chi connectivity index (χ3n) is 5.17. The van der Waals surface area contributed by atoms with Crippen LogP contribution in [0.15, 0.2) is 41.3 Å². The van der Waals surface area contributed by atoms with Gasteiger partial charge < -0.3 is 19.6 Å². The van der Waals surface area contributed by atoms with Crippen LogP contribution in [0, 0.1) is 6.92 Å². The molecule has 0 aliphatic carbocycles. The smallest absolute Gasteiger partial charge is 0.295 e. The summed E-state index contributed by atoms with van der Waals surface area (Å²) < 4.78 is 5.73. The largest absolute Gasteiger partial charge is 0.507 e. The van der Waals surface area contributed by atoms with Crippen molar-refractivity contribution in [2.45, 2.75) is 39.3 Å². The second-order valence-corrected chi connectivity index (χ2v) is 9.26. The number of carbonyl (C=O) groups excluding carboxylic acids is 2. The first kappa shape index (κ1) is 23.0. The van der Waals surface area contributed by atoms with E-state index in [2.05, 4.69) is 0 Å². The number of likely N-dealkylation sites (tertiary alicyclic amines) is 1. The van der Waals surface area contributed by atoms with E-state index in [1.54, 1.807) is 29.2 Å². The molecule has 1 amide bonds. The van der Waals surface area contributed by atoms with Crippen LogP contribution in [0.3, 0.4) is 0 Å². The maximum Gasteiger partial charge on any atom is 0.295 e. The Hall–Kier alpha value is -2.64. The third kappa shape index (κ3) is 4.99. The van der Waals surface area contributed by atoms with Crippen LogP contribution in [0.2, 0.25) is 0 Å². The topological polar surface area (TPSA) is 70.1 Å². The molecule has 0 radical (unpaired) electrons. The summed E-state index contributed by atoms with van der Waals surface area (Å²) in [6.07, 6.45) is 0.715. The fourth-order valence-corrected chi connectivity index (χ4v) is 4.80. The lowest BCUT2D eigenvalue weighted by molar-refractivity contribution is -0.139. The minimum Gasteiger partial charge on any atom is -0.507 e. The summed E-state index contributed by atoms with van der Waals surface area (Å²) >= 11 is 1.50. The average Bonchev–Trinajstić information content (AvgIpc) is 3.22. The van der Waals surface area contributed by atoms with E-state index in [1.807, 2.05) is 51.2 Å². The second kappa shape index (κ2) is 9.66. The number of aliphatic hydroxyl groups is 1. The van der Waals surface area contributed by atoms with E-state index in [-0.39, 0.29) is 17.4 Å². The predicted octanol–water partition coefficient (Wildman–Crippen LogP) is 4.22. The molecule has 3 rings (SSSR count). The number of benzene rings is 1. The Kier molecular flexibility index (Phi) is 7.18. The summed E-state index contributed by atoms with van der Waals surface area (Å²) in [5, 5.41) is 13.1. The standard InChI is InChI=1S/C24H30N2O4S/c1-15(2)30-18-9-6-8-17(14-18)21(27)19-20(23-16(3)10-13-31-23)26(24(29)22(19)28)12-7-11-25(4)5/h6,8-10,13-15,20,27H,7,11-12H2,1-5H3/b21-19-. The number of nitrogens with zero attached hydrogens (tertiary/aromatic N) is 2. The Labute approximate surface area is 187 Å². The SMILES string of the molecule is Cc1ccsc1C1/C(=C(/O)c2cccc(OC(C)C)c2)C(=O)C(=O)N1CCCN(C)C. The van der Waals surface area contributed by atoms with Gasteiger partial charge in [0, 0.05) is 17.0 Å². The highest BCUT2D eigenvalue weighted by Gasteiger charge is 2.46. The van der Waals surface area contributed by atoms with Crippen molar-refractivity contribution in [2.75, 3.05) is 27.2 Å². The fourth-order valence-electron chi connectivity index (χ4n) is 3.75. The molecule has 2 aromatic rings. The molecule has 1 aromatic carbocycles. The number of carbonyl (C=O) groups is 2. The van der Waals surface area contributed by atoms with Gasteiger partial charge >= 0.3 is 0 Å². The van der Waals surface area contributed by atoms with Gasteiger partial charge in [-0.15, -0.1) is 11.3 Å². The lowest BCUT2D eigenvalue weighted by atomic mass is 9.98. The summed E-state index contributed by atoms with van der Waals surface area (Å²) in [6.45, 7) is 7.05. The number of Topliss-reactive ketones (excluding diaryl/α,β-unsaturated/α-hetero) is 1. The monoisotopic (exact) mass is 442 g/mol. The zero-order valence-corrected chi connectivity index (χ0v) is 19.5. The first-order valence-electron chi connectivity index (χ1n) is 10.4. The highest BCUT2D eigenvalue weighted by molar-refractivity contribution is 7.10. The summed E-state index contributed by atoms with van der Waals surface area (Å²) in [6, 6.07) is 8.38. The van der Waals surface area contributed by atoms with Crippen LogP contribution >= 0.6 is 11.3 Å². The van der Waals surface area contributed by atoms with Crippen molar-refractivity contribution in [1.29, 1.82) is 0 Å². The number of thiophene rings is 1. The number of aryl methyl sites for hydroxylation is 1. The molecule has 31 heavy (non-hydrogen) atoms. The first-order valence-corrected chi connectivity index (χ1v) is 11.3. The van der Waals surface area contributed by atoms with Crippen molar-refractivity contribution in [1.82, 2.24) is 9.80 Å². The summed E-state index contributed by atoms with van der Waals surface area (Å²) in [4.78, 5) is 30.6. The van der Waals surface area contributed by atoms with Crippen molar-refractivity contribution in [3.05, 3.63) is 57.3 Å². The zero-order valence-electron chi connectivity index (χ0n) is 18.7. The Morgan fingerprint density at radius 2 is 2.00 bits per heavy atom. The number of rotatable bonds is 8. The van der Waals surface area contributed by atoms with Gasteiger partial charge in [0.2, 0.25) is 0 Å². The molecule has 166 valence electrons. The molecule has 0 spiro atoms. The highest BCUT2D eigenvalue weighted by Crippen LogP contribution is 2.42. The number of amides is 1. The van der Waals surface area contributed by atoms with Gasteiger partial charge in [-0.1, -0.05) is 12.1 Å². The molecule has 1 aliphatic rings. The molecule has 1 aromatic heterocycles. The summed E-state index contributed by atoms with van der Waals surface area (Å²) in [5.41, 5.74) is 1.60. The van der Waals surface area contributed by atoms with Crippen molar-refractivity contribution in [2.24, 2.45) is 0 Å². The molecule has 1 atom stereocenters. The van der Waals surface area contributed by atoms with E-state index < -0.39 is 17.7 Å². The van der Waals surface area contributed by atoms with Crippen LogP contribution in [0.4, 0.5) is 0 Å². The van der Waals surface area contributed by atoms with Gasteiger partial charge in [-0.3, -0.25) is 9.59 Å². The van der Waals surface area contributed by atoms with E-state index in [4.69, 9.17) is 4.74 Å². The van der Waals surface area contributed by atoms with E-state index in [0.717, 1.165) is 23.4 Å². The van der Waals surface area contributed by atoms with Crippen LogP contribution in [-0.4, -0.2) is 59.9 Å². The Bertz CT molecular complexity index is 993. The van der Waals surface area contributed by atoms with Gasteiger partial charge in [-0.2, -0.15) is 0 Å². The highest BCUT2D eigenvalue weighted by atomic mass is 32.1. The van der Waals surface area contributed by atoms with Crippen LogP contribution < -0.4 is 4.74 Å².